The average molecular weight is 233 g/mol. The van der Waals surface area contributed by atoms with Crippen molar-refractivity contribution in [2.75, 3.05) is 6.54 Å². The van der Waals surface area contributed by atoms with E-state index in [4.69, 9.17) is 11.6 Å². The second kappa shape index (κ2) is 4.39. The first kappa shape index (κ1) is 12.3. The molecule has 1 rings (SSSR count). The van der Waals surface area contributed by atoms with Crippen LogP contribution in [-0.2, 0) is 4.79 Å². The number of hydrogen-bond donors (Lipinski definition) is 1. The summed E-state index contributed by atoms with van der Waals surface area (Å²) in [6.07, 6.45) is 1.94. The summed E-state index contributed by atoms with van der Waals surface area (Å²) < 4.78 is 0. The topological polar surface area (TPSA) is 49.4 Å². The van der Waals surface area contributed by atoms with E-state index in [1.54, 1.807) is 11.8 Å². The maximum absolute atomic E-state index is 11.7. The Morgan fingerprint density at radius 1 is 1.47 bits per heavy atom. The van der Waals surface area contributed by atoms with Crippen molar-refractivity contribution in [1.29, 1.82) is 0 Å². The van der Waals surface area contributed by atoms with Crippen LogP contribution in [0.25, 0.3) is 0 Å². The molecule has 3 amide bonds. The van der Waals surface area contributed by atoms with Crippen molar-refractivity contribution in [1.82, 2.24) is 10.2 Å². The molecule has 0 aromatic heterocycles. The van der Waals surface area contributed by atoms with E-state index >= 15 is 0 Å². The molecule has 0 aliphatic carbocycles. The van der Waals surface area contributed by atoms with Gasteiger partial charge in [0, 0.05) is 12.1 Å². The van der Waals surface area contributed by atoms with Gasteiger partial charge in [0.2, 0.25) is 5.91 Å². The van der Waals surface area contributed by atoms with Gasteiger partial charge in [-0.3, -0.25) is 10.1 Å². The van der Waals surface area contributed by atoms with Gasteiger partial charge in [-0.05, 0) is 33.6 Å². The number of nitrogens with zero attached hydrogens (tertiary/aromatic N) is 1. The zero-order valence-corrected chi connectivity index (χ0v) is 10.1. The highest BCUT2D eigenvalue weighted by atomic mass is 35.5. The summed E-state index contributed by atoms with van der Waals surface area (Å²) in [6, 6.07) is -0.338. The Labute approximate surface area is 95.0 Å². The number of amides is 3. The Bertz CT molecular complexity index is 277. The summed E-state index contributed by atoms with van der Waals surface area (Å²) in [5, 5.41) is 1.61. The van der Waals surface area contributed by atoms with Crippen LogP contribution in [0.15, 0.2) is 0 Å². The Morgan fingerprint density at radius 3 is 2.47 bits per heavy atom. The lowest BCUT2D eigenvalue weighted by Gasteiger charge is -2.31. The van der Waals surface area contributed by atoms with Crippen LogP contribution in [0.1, 0.15) is 33.6 Å². The van der Waals surface area contributed by atoms with Crippen molar-refractivity contribution < 1.29 is 9.59 Å². The van der Waals surface area contributed by atoms with E-state index in [1.165, 1.54) is 0 Å². The highest BCUT2D eigenvalue weighted by Gasteiger charge is 2.36. The van der Waals surface area contributed by atoms with Crippen LogP contribution in [-0.4, -0.2) is 34.3 Å². The van der Waals surface area contributed by atoms with Crippen molar-refractivity contribution in [2.45, 2.75) is 44.5 Å². The molecule has 1 aliphatic heterocycles. The molecule has 1 unspecified atom stereocenters. The van der Waals surface area contributed by atoms with Gasteiger partial charge in [-0.15, -0.1) is 11.6 Å². The molecule has 0 spiro atoms. The number of halogens is 1. The normalized spacial score (nSPS) is 21.2. The van der Waals surface area contributed by atoms with Crippen LogP contribution in [0, 0.1) is 0 Å². The molecule has 0 bridgehead atoms. The molecule has 1 aliphatic rings. The molecule has 1 fully saturated rings. The van der Waals surface area contributed by atoms with E-state index in [0.717, 1.165) is 12.8 Å². The second-order valence-corrected chi connectivity index (χ2v) is 5.13. The Morgan fingerprint density at radius 2 is 2.07 bits per heavy atom. The highest BCUT2D eigenvalue weighted by Crippen LogP contribution is 2.27. The molecule has 0 saturated carbocycles. The lowest BCUT2D eigenvalue weighted by molar-refractivity contribution is -0.119. The minimum Gasteiger partial charge on any atom is -0.319 e. The molecule has 15 heavy (non-hydrogen) atoms. The third kappa shape index (κ3) is 2.84. The number of likely N-dealkylation sites (tertiary alicyclic amines) is 1. The summed E-state index contributed by atoms with van der Waals surface area (Å²) >= 11 is 5.57. The van der Waals surface area contributed by atoms with Crippen molar-refractivity contribution in [3.8, 4) is 0 Å². The first-order valence-corrected chi connectivity index (χ1v) is 5.55. The van der Waals surface area contributed by atoms with E-state index in [2.05, 4.69) is 5.32 Å². The zero-order chi connectivity index (χ0) is 11.6. The molecule has 0 aromatic rings. The SMILES string of the molecule is CC(Cl)C(=O)NC(=O)N1CCCC1(C)C. The third-order valence-corrected chi connectivity index (χ3v) is 2.94. The van der Waals surface area contributed by atoms with E-state index in [0.29, 0.717) is 6.54 Å². The molecular formula is C10H17ClN2O2. The number of rotatable bonds is 1. The van der Waals surface area contributed by atoms with Crippen molar-refractivity contribution >= 4 is 23.5 Å². The first-order valence-electron chi connectivity index (χ1n) is 5.11. The van der Waals surface area contributed by atoms with E-state index < -0.39 is 11.3 Å². The minimum absolute atomic E-state index is 0.167. The number of nitrogens with one attached hydrogen (secondary N) is 1. The van der Waals surface area contributed by atoms with Crippen LogP contribution >= 0.6 is 11.6 Å². The van der Waals surface area contributed by atoms with Crippen molar-refractivity contribution in [3.63, 3.8) is 0 Å². The van der Waals surface area contributed by atoms with Gasteiger partial charge in [0.1, 0.15) is 5.38 Å². The fraction of sp³-hybridized carbons (Fsp3) is 0.800. The van der Waals surface area contributed by atoms with E-state index in [1.807, 2.05) is 13.8 Å². The predicted octanol–water partition coefficient (Wildman–Crippen LogP) is 1.72. The number of alkyl halides is 1. The fourth-order valence-corrected chi connectivity index (χ4v) is 1.81. The van der Waals surface area contributed by atoms with Gasteiger partial charge in [0.25, 0.3) is 0 Å². The Hall–Kier alpha value is -0.770. The van der Waals surface area contributed by atoms with Crippen molar-refractivity contribution in [3.05, 3.63) is 0 Å². The van der Waals surface area contributed by atoms with Gasteiger partial charge in [-0.2, -0.15) is 0 Å². The van der Waals surface area contributed by atoms with Gasteiger partial charge >= 0.3 is 6.03 Å². The Kier molecular flexibility index (Phi) is 3.60. The number of urea groups is 1. The van der Waals surface area contributed by atoms with Crippen molar-refractivity contribution in [2.24, 2.45) is 0 Å². The Balaban J connectivity index is 2.58. The molecule has 0 aromatic carbocycles. The summed E-state index contributed by atoms with van der Waals surface area (Å²) in [5.74, 6) is -0.440. The molecule has 1 atom stereocenters. The lowest BCUT2D eigenvalue weighted by Crippen LogP contribution is -2.50. The second-order valence-electron chi connectivity index (χ2n) is 4.48. The smallest absolute Gasteiger partial charge is 0.319 e. The zero-order valence-electron chi connectivity index (χ0n) is 9.34. The van der Waals surface area contributed by atoms with Crippen LogP contribution in [0.3, 0.4) is 0 Å². The quantitative estimate of drug-likeness (QED) is 0.700. The van der Waals surface area contributed by atoms with Gasteiger partial charge < -0.3 is 4.90 Å². The van der Waals surface area contributed by atoms with E-state index in [-0.39, 0.29) is 11.6 Å². The molecule has 1 N–H and O–H groups in total. The fourth-order valence-electron chi connectivity index (χ4n) is 1.76. The van der Waals surface area contributed by atoms with Crippen LogP contribution in [0.4, 0.5) is 4.79 Å². The minimum atomic E-state index is -0.681. The van der Waals surface area contributed by atoms with Gasteiger partial charge in [-0.25, -0.2) is 4.79 Å². The van der Waals surface area contributed by atoms with Crippen LogP contribution in [0.5, 0.6) is 0 Å². The highest BCUT2D eigenvalue weighted by molar-refractivity contribution is 6.31. The lowest BCUT2D eigenvalue weighted by atomic mass is 10.0. The average Bonchev–Trinajstić information content (AvgIpc) is 2.44. The maximum atomic E-state index is 11.7. The predicted molar refractivity (Wildman–Crippen MR) is 58.9 cm³/mol. The maximum Gasteiger partial charge on any atom is 0.324 e. The van der Waals surface area contributed by atoms with Crippen LogP contribution < -0.4 is 5.32 Å². The van der Waals surface area contributed by atoms with Crippen LogP contribution in [0.2, 0.25) is 0 Å². The standard InChI is InChI=1S/C10H17ClN2O2/c1-7(11)8(14)12-9(15)13-6-4-5-10(13,2)3/h7H,4-6H2,1-3H3,(H,12,14,15). The summed E-state index contributed by atoms with van der Waals surface area (Å²) in [5.41, 5.74) is -0.167. The number of imide groups is 1. The number of carbonyl (C=O) groups is 2. The molecule has 86 valence electrons. The molecular weight excluding hydrogens is 216 g/mol. The monoisotopic (exact) mass is 232 g/mol. The largest absolute Gasteiger partial charge is 0.324 e. The van der Waals surface area contributed by atoms with E-state index in [9.17, 15) is 9.59 Å². The molecule has 0 radical (unpaired) electrons. The molecule has 1 heterocycles. The molecule has 1 saturated heterocycles. The van der Waals surface area contributed by atoms with Gasteiger partial charge in [-0.1, -0.05) is 0 Å². The van der Waals surface area contributed by atoms with Gasteiger partial charge in [0.05, 0.1) is 0 Å². The van der Waals surface area contributed by atoms with Gasteiger partial charge in [0.15, 0.2) is 0 Å². The number of carbonyl (C=O) groups excluding carboxylic acids is 2. The first-order chi connectivity index (χ1) is 6.84. The summed E-state index contributed by atoms with van der Waals surface area (Å²) in [7, 11) is 0. The summed E-state index contributed by atoms with van der Waals surface area (Å²) in [6.45, 7) is 6.23. The molecule has 5 heteroatoms. The molecule has 4 nitrogen and oxygen atoms in total. The summed E-state index contributed by atoms with van der Waals surface area (Å²) in [4.78, 5) is 24.6. The number of hydrogen-bond acceptors (Lipinski definition) is 2. The third-order valence-electron chi connectivity index (χ3n) is 2.74.